The molecule has 2 aliphatic heterocycles. The van der Waals surface area contributed by atoms with Gasteiger partial charge in [-0.15, -0.1) is 24.0 Å². The molecule has 0 aromatic carbocycles. The molecule has 3 unspecified atom stereocenters. The van der Waals surface area contributed by atoms with Crippen LogP contribution in [-0.2, 0) is 4.74 Å². The van der Waals surface area contributed by atoms with Crippen LogP contribution < -0.4 is 10.6 Å². The van der Waals surface area contributed by atoms with E-state index in [4.69, 9.17) is 9.73 Å². The molecule has 3 rings (SSSR count). The van der Waals surface area contributed by atoms with Gasteiger partial charge in [0, 0.05) is 49.7 Å². The Hall–Kier alpha value is -0.0800. The number of ether oxygens (including phenoxy) is 1. The van der Waals surface area contributed by atoms with Crippen LogP contribution in [0.15, 0.2) is 4.99 Å². The topological polar surface area (TPSA) is 48.9 Å². The van der Waals surface area contributed by atoms with Gasteiger partial charge < -0.3 is 20.3 Å². The molecule has 26 heavy (non-hydrogen) atoms. The Labute approximate surface area is 177 Å². The molecular formula is C20H39IN4O. The Morgan fingerprint density at radius 3 is 2.54 bits per heavy atom. The predicted molar refractivity (Wildman–Crippen MR) is 119 cm³/mol. The molecular weight excluding hydrogens is 439 g/mol. The largest absolute Gasteiger partial charge is 0.377 e. The van der Waals surface area contributed by atoms with E-state index in [1.54, 1.807) is 0 Å². The van der Waals surface area contributed by atoms with Crippen LogP contribution in [0.1, 0.15) is 59.8 Å². The smallest absolute Gasteiger partial charge is 0.191 e. The first-order valence-corrected chi connectivity index (χ1v) is 10.5. The second-order valence-corrected chi connectivity index (χ2v) is 8.62. The lowest BCUT2D eigenvalue weighted by atomic mass is 9.57. The Morgan fingerprint density at radius 1 is 1.15 bits per heavy atom. The molecule has 3 aliphatic rings. The molecule has 0 spiro atoms. The van der Waals surface area contributed by atoms with Crippen molar-refractivity contribution in [2.45, 2.75) is 78.0 Å². The highest BCUT2D eigenvalue weighted by Gasteiger charge is 2.59. The number of nitrogens with zero attached hydrogens (tertiary/aromatic N) is 2. The van der Waals surface area contributed by atoms with Crippen molar-refractivity contribution in [3.05, 3.63) is 0 Å². The summed E-state index contributed by atoms with van der Waals surface area (Å²) in [5, 5.41) is 7.48. The van der Waals surface area contributed by atoms with Crippen molar-refractivity contribution in [3.8, 4) is 0 Å². The fraction of sp³-hybridized carbons (Fsp3) is 0.950. The standard InChI is InChI=1S/C20H38N4O.HI/c1-5-7-11-24-12-8-15(9-13-24)22-19(21-6-2)23-17-16-10-14-25-18(16)20(17,3)4;/h15-18H,5-14H2,1-4H3,(H2,21,22,23);1H. The molecule has 2 saturated heterocycles. The number of hydrogen-bond donors (Lipinski definition) is 2. The van der Waals surface area contributed by atoms with Gasteiger partial charge in [0.25, 0.3) is 0 Å². The number of hydrogen-bond acceptors (Lipinski definition) is 3. The third-order valence-corrected chi connectivity index (χ3v) is 6.47. The van der Waals surface area contributed by atoms with Crippen LogP contribution in [0.25, 0.3) is 0 Å². The molecule has 6 heteroatoms. The normalized spacial score (nSPS) is 31.7. The summed E-state index contributed by atoms with van der Waals surface area (Å²) in [6, 6.07) is 1.02. The van der Waals surface area contributed by atoms with Crippen molar-refractivity contribution in [2.24, 2.45) is 16.3 Å². The summed E-state index contributed by atoms with van der Waals surface area (Å²) in [4.78, 5) is 7.34. The van der Waals surface area contributed by atoms with Crippen LogP contribution >= 0.6 is 24.0 Å². The summed E-state index contributed by atoms with van der Waals surface area (Å²) in [5.41, 5.74) is 0.195. The van der Waals surface area contributed by atoms with Crippen molar-refractivity contribution >= 4 is 29.9 Å². The third-order valence-electron chi connectivity index (χ3n) is 6.47. The minimum atomic E-state index is 0. The van der Waals surface area contributed by atoms with E-state index in [0.717, 1.165) is 19.1 Å². The van der Waals surface area contributed by atoms with Gasteiger partial charge in [-0.25, -0.2) is 0 Å². The Bertz CT molecular complexity index is 463. The molecule has 0 amide bonds. The zero-order valence-corrected chi connectivity index (χ0v) is 19.4. The van der Waals surface area contributed by atoms with E-state index < -0.39 is 0 Å². The molecule has 3 atom stereocenters. The van der Waals surface area contributed by atoms with Crippen LogP contribution in [0.2, 0.25) is 0 Å². The maximum absolute atomic E-state index is 5.93. The molecule has 5 nitrogen and oxygen atoms in total. The molecule has 2 heterocycles. The van der Waals surface area contributed by atoms with Crippen LogP contribution in [0.5, 0.6) is 0 Å². The Morgan fingerprint density at radius 2 is 1.88 bits per heavy atom. The van der Waals surface area contributed by atoms with Crippen molar-refractivity contribution in [2.75, 3.05) is 32.8 Å². The van der Waals surface area contributed by atoms with Gasteiger partial charge in [0.05, 0.1) is 6.10 Å². The van der Waals surface area contributed by atoms with E-state index in [1.807, 2.05) is 0 Å². The van der Waals surface area contributed by atoms with Gasteiger partial charge in [-0.1, -0.05) is 27.2 Å². The Balaban J connectivity index is 0.00000243. The van der Waals surface area contributed by atoms with Gasteiger partial charge in [-0.3, -0.25) is 4.99 Å². The predicted octanol–water partition coefficient (Wildman–Crippen LogP) is 3.24. The van der Waals surface area contributed by atoms with E-state index in [-0.39, 0.29) is 29.4 Å². The van der Waals surface area contributed by atoms with Gasteiger partial charge in [0.15, 0.2) is 5.96 Å². The fourth-order valence-electron chi connectivity index (χ4n) is 4.93. The third kappa shape index (κ3) is 4.85. The van der Waals surface area contributed by atoms with E-state index in [1.165, 1.54) is 51.7 Å². The van der Waals surface area contributed by atoms with E-state index in [0.29, 0.717) is 24.1 Å². The summed E-state index contributed by atoms with van der Waals surface area (Å²) >= 11 is 0. The first-order chi connectivity index (χ1) is 12.1. The number of likely N-dealkylation sites (tertiary alicyclic amines) is 1. The SMILES string of the molecule is CCCCN1CCC(NC(=NCC)NC2C3CCOC3C2(C)C)CC1.I. The number of fused-ring (bicyclic) bond motifs is 1. The molecule has 3 fully saturated rings. The van der Waals surface area contributed by atoms with Gasteiger partial charge in [0.1, 0.15) is 0 Å². The number of aliphatic imine (C=N–C) groups is 1. The molecule has 2 N–H and O–H groups in total. The van der Waals surface area contributed by atoms with Crippen LogP contribution in [-0.4, -0.2) is 61.8 Å². The molecule has 0 bridgehead atoms. The number of guanidine groups is 1. The molecule has 1 saturated carbocycles. The van der Waals surface area contributed by atoms with E-state index in [9.17, 15) is 0 Å². The van der Waals surface area contributed by atoms with Gasteiger partial charge in [0.2, 0.25) is 0 Å². The summed E-state index contributed by atoms with van der Waals surface area (Å²) < 4.78 is 5.93. The van der Waals surface area contributed by atoms with Crippen molar-refractivity contribution in [1.82, 2.24) is 15.5 Å². The van der Waals surface area contributed by atoms with Crippen molar-refractivity contribution in [3.63, 3.8) is 0 Å². The van der Waals surface area contributed by atoms with Crippen LogP contribution in [0, 0.1) is 11.3 Å². The quantitative estimate of drug-likeness (QED) is 0.350. The Kier molecular flexibility index (Phi) is 8.47. The van der Waals surface area contributed by atoms with E-state index >= 15 is 0 Å². The molecule has 152 valence electrons. The molecule has 0 aromatic rings. The maximum atomic E-state index is 5.93. The number of nitrogens with one attached hydrogen (secondary N) is 2. The summed E-state index contributed by atoms with van der Waals surface area (Å²) in [6.45, 7) is 14.5. The molecule has 0 radical (unpaired) electrons. The minimum absolute atomic E-state index is 0. The number of rotatable bonds is 6. The van der Waals surface area contributed by atoms with Gasteiger partial charge in [-0.2, -0.15) is 0 Å². The minimum Gasteiger partial charge on any atom is -0.377 e. The number of piperidine rings is 1. The summed E-state index contributed by atoms with van der Waals surface area (Å²) in [6.07, 6.45) is 6.66. The zero-order chi connectivity index (χ0) is 17.9. The van der Waals surface area contributed by atoms with Crippen LogP contribution in [0.3, 0.4) is 0 Å². The summed E-state index contributed by atoms with van der Waals surface area (Å²) in [5.74, 6) is 1.66. The second kappa shape index (κ2) is 9.92. The highest BCUT2D eigenvalue weighted by Crippen LogP contribution is 2.52. The average Bonchev–Trinajstić information content (AvgIpc) is 3.06. The number of halogens is 1. The lowest BCUT2D eigenvalue weighted by molar-refractivity contribution is -0.106. The van der Waals surface area contributed by atoms with Gasteiger partial charge >= 0.3 is 0 Å². The summed E-state index contributed by atoms with van der Waals surface area (Å²) in [7, 11) is 0. The van der Waals surface area contributed by atoms with Crippen LogP contribution in [0.4, 0.5) is 0 Å². The lowest BCUT2D eigenvalue weighted by Crippen LogP contribution is -2.68. The van der Waals surface area contributed by atoms with Crippen molar-refractivity contribution < 1.29 is 4.74 Å². The number of unbranched alkanes of at least 4 members (excludes halogenated alkanes) is 1. The lowest BCUT2D eigenvalue weighted by Gasteiger charge is -2.55. The maximum Gasteiger partial charge on any atom is 0.191 e. The first kappa shape index (κ1) is 22.2. The monoisotopic (exact) mass is 478 g/mol. The molecule has 0 aromatic heterocycles. The second-order valence-electron chi connectivity index (χ2n) is 8.62. The molecule has 1 aliphatic carbocycles. The van der Waals surface area contributed by atoms with Gasteiger partial charge in [-0.05, 0) is 39.2 Å². The van der Waals surface area contributed by atoms with Crippen molar-refractivity contribution in [1.29, 1.82) is 0 Å². The fourth-order valence-corrected chi connectivity index (χ4v) is 4.93. The highest BCUT2D eigenvalue weighted by atomic mass is 127. The first-order valence-electron chi connectivity index (χ1n) is 10.5. The highest BCUT2D eigenvalue weighted by molar-refractivity contribution is 14.0. The van der Waals surface area contributed by atoms with E-state index in [2.05, 4.69) is 43.2 Å². The average molecular weight is 478 g/mol. The zero-order valence-electron chi connectivity index (χ0n) is 17.1.